The summed E-state index contributed by atoms with van der Waals surface area (Å²) in [7, 11) is 3.42. The Morgan fingerprint density at radius 1 is 1.36 bits per heavy atom. The summed E-state index contributed by atoms with van der Waals surface area (Å²) < 4.78 is 5.84. The van der Waals surface area contributed by atoms with Gasteiger partial charge in [-0.15, -0.1) is 0 Å². The molecule has 2 rings (SSSR count). The topological polar surface area (TPSA) is 71.1 Å². The Bertz CT molecular complexity index is 696. The molecule has 0 saturated carbocycles. The molecular formula is C16H22N4O2. The van der Waals surface area contributed by atoms with Gasteiger partial charge >= 0.3 is 0 Å². The third kappa shape index (κ3) is 3.84. The van der Waals surface area contributed by atoms with Gasteiger partial charge in [-0.2, -0.15) is 0 Å². The summed E-state index contributed by atoms with van der Waals surface area (Å²) in [6, 6.07) is 0. The van der Waals surface area contributed by atoms with E-state index in [0.717, 1.165) is 10.9 Å². The molecule has 0 saturated heterocycles. The normalized spacial score (nSPS) is 12.0. The zero-order chi connectivity index (χ0) is 16.3. The smallest absolute Gasteiger partial charge is 0.246 e. The van der Waals surface area contributed by atoms with Crippen molar-refractivity contribution in [3.63, 3.8) is 0 Å². The maximum absolute atomic E-state index is 11.7. The molecule has 2 aromatic heterocycles. The number of nitrogens with one attached hydrogen (secondary N) is 1. The number of nitrogens with zero attached hydrogens (tertiary/aromatic N) is 3. The third-order valence-corrected chi connectivity index (χ3v) is 2.95. The van der Waals surface area contributed by atoms with Gasteiger partial charge in [-0.3, -0.25) is 4.79 Å². The number of likely N-dealkylation sites (N-methyl/N-ethyl adjacent to an activating group) is 1. The molecular weight excluding hydrogens is 280 g/mol. The number of carbonyl (C=O) groups excluding carboxylic acids is 1. The molecule has 0 atom stereocenters. The number of amides is 1. The molecule has 22 heavy (non-hydrogen) atoms. The molecule has 6 heteroatoms. The Kier molecular flexibility index (Phi) is 4.49. The van der Waals surface area contributed by atoms with Crippen LogP contribution in [0.15, 0.2) is 18.6 Å². The van der Waals surface area contributed by atoms with E-state index in [1.807, 2.05) is 0 Å². The maximum Gasteiger partial charge on any atom is 0.246 e. The summed E-state index contributed by atoms with van der Waals surface area (Å²) in [6.45, 7) is 6.83. The summed E-state index contributed by atoms with van der Waals surface area (Å²) in [5.74, 6) is 0.446. The first kappa shape index (κ1) is 16.0. The van der Waals surface area contributed by atoms with Gasteiger partial charge in [-0.05, 0) is 11.5 Å². The average molecular weight is 302 g/mol. The lowest BCUT2D eigenvalue weighted by atomic mass is 9.99. The van der Waals surface area contributed by atoms with Gasteiger partial charge in [0.25, 0.3) is 0 Å². The van der Waals surface area contributed by atoms with Gasteiger partial charge < -0.3 is 14.6 Å². The Morgan fingerprint density at radius 2 is 2.09 bits per heavy atom. The van der Waals surface area contributed by atoms with Crippen LogP contribution >= 0.6 is 0 Å². The van der Waals surface area contributed by atoms with Gasteiger partial charge in [0.15, 0.2) is 0 Å². The van der Waals surface area contributed by atoms with E-state index in [4.69, 9.17) is 4.74 Å². The first-order valence-electron chi connectivity index (χ1n) is 7.12. The first-order valence-corrected chi connectivity index (χ1v) is 7.12. The van der Waals surface area contributed by atoms with Crippen LogP contribution in [0.3, 0.4) is 0 Å². The van der Waals surface area contributed by atoms with E-state index in [-0.39, 0.29) is 11.3 Å². The number of hydrogen-bond acceptors (Lipinski definition) is 4. The molecule has 0 fully saturated rings. The first-order chi connectivity index (χ1) is 10.3. The van der Waals surface area contributed by atoms with E-state index in [9.17, 15) is 4.79 Å². The Morgan fingerprint density at radius 3 is 2.73 bits per heavy atom. The second-order valence-corrected chi connectivity index (χ2v) is 6.56. The number of H-pyrrole nitrogens is 1. The fraction of sp³-hybridized carbons (Fsp3) is 0.438. The van der Waals surface area contributed by atoms with Gasteiger partial charge in [0, 0.05) is 31.9 Å². The summed E-state index contributed by atoms with van der Waals surface area (Å²) >= 11 is 0. The molecule has 0 bridgehead atoms. The van der Waals surface area contributed by atoms with Crippen LogP contribution < -0.4 is 4.74 Å². The Hall–Kier alpha value is -2.37. The van der Waals surface area contributed by atoms with Crippen LogP contribution in [0, 0.1) is 5.41 Å². The predicted molar refractivity (Wildman–Crippen MR) is 86.6 cm³/mol. The highest BCUT2D eigenvalue weighted by Crippen LogP contribution is 2.27. The number of ether oxygens (including phenoxy) is 1. The minimum absolute atomic E-state index is 0.0322. The van der Waals surface area contributed by atoms with Gasteiger partial charge in [-0.25, -0.2) is 9.97 Å². The number of aromatic amines is 1. The number of rotatable bonds is 4. The van der Waals surface area contributed by atoms with Crippen LogP contribution in [0.1, 0.15) is 26.3 Å². The monoisotopic (exact) mass is 302 g/mol. The summed E-state index contributed by atoms with van der Waals surface area (Å²) in [4.78, 5) is 24.7. The quantitative estimate of drug-likeness (QED) is 0.881. The number of hydrogen-bond donors (Lipinski definition) is 1. The van der Waals surface area contributed by atoms with E-state index in [1.165, 1.54) is 17.3 Å². The van der Waals surface area contributed by atoms with Crippen molar-refractivity contribution in [2.75, 3.05) is 20.7 Å². The second kappa shape index (κ2) is 6.17. The summed E-state index contributed by atoms with van der Waals surface area (Å²) in [5, 5.41) is 0.787. The van der Waals surface area contributed by atoms with Crippen LogP contribution in [0.5, 0.6) is 5.88 Å². The molecule has 0 unspecified atom stereocenters. The van der Waals surface area contributed by atoms with E-state index < -0.39 is 0 Å². The molecule has 0 aliphatic carbocycles. The third-order valence-electron chi connectivity index (χ3n) is 2.95. The van der Waals surface area contributed by atoms with Crippen molar-refractivity contribution in [1.29, 1.82) is 0 Å². The lowest BCUT2D eigenvalue weighted by Gasteiger charge is -2.18. The van der Waals surface area contributed by atoms with Crippen molar-refractivity contribution >= 4 is 23.0 Å². The number of aromatic nitrogens is 3. The molecule has 1 N–H and O–H groups in total. The zero-order valence-corrected chi connectivity index (χ0v) is 13.7. The van der Waals surface area contributed by atoms with Gasteiger partial charge in [0.05, 0.1) is 12.0 Å². The van der Waals surface area contributed by atoms with E-state index in [2.05, 4.69) is 35.7 Å². The lowest BCUT2D eigenvalue weighted by molar-refractivity contribution is -0.123. The highest BCUT2D eigenvalue weighted by molar-refractivity contribution is 5.96. The predicted octanol–water partition coefficient (Wildman–Crippen LogP) is 2.48. The second-order valence-electron chi connectivity index (χ2n) is 6.56. The van der Waals surface area contributed by atoms with Gasteiger partial charge in [-0.1, -0.05) is 20.8 Å². The molecule has 0 aromatic carbocycles. The highest BCUT2D eigenvalue weighted by Gasteiger charge is 2.15. The number of carbonyl (C=O) groups is 1. The Balaban J connectivity index is 2.34. The van der Waals surface area contributed by atoms with Crippen LogP contribution in [0.4, 0.5) is 0 Å². The van der Waals surface area contributed by atoms with Crippen molar-refractivity contribution in [2.45, 2.75) is 20.8 Å². The van der Waals surface area contributed by atoms with E-state index >= 15 is 0 Å². The largest absolute Gasteiger partial charge is 0.477 e. The fourth-order valence-electron chi connectivity index (χ4n) is 1.79. The minimum atomic E-state index is -0.0802. The van der Waals surface area contributed by atoms with E-state index in [1.54, 1.807) is 26.4 Å². The van der Waals surface area contributed by atoms with E-state index in [0.29, 0.717) is 18.1 Å². The highest BCUT2D eigenvalue weighted by atomic mass is 16.5. The molecule has 0 aliphatic rings. The summed E-state index contributed by atoms with van der Waals surface area (Å²) in [5.41, 5.74) is 1.55. The summed E-state index contributed by atoms with van der Waals surface area (Å²) in [6.07, 6.45) is 6.52. The number of fused-ring (bicyclic) bond motifs is 1. The molecule has 0 aliphatic heterocycles. The van der Waals surface area contributed by atoms with Gasteiger partial charge in [0.2, 0.25) is 11.8 Å². The van der Waals surface area contributed by atoms with Crippen molar-refractivity contribution in [2.24, 2.45) is 5.41 Å². The van der Waals surface area contributed by atoms with Crippen molar-refractivity contribution < 1.29 is 9.53 Å². The molecule has 0 spiro atoms. The van der Waals surface area contributed by atoms with Crippen molar-refractivity contribution in [3.8, 4) is 5.88 Å². The van der Waals surface area contributed by atoms with Crippen LogP contribution in [-0.4, -0.2) is 46.5 Å². The van der Waals surface area contributed by atoms with Crippen molar-refractivity contribution in [3.05, 3.63) is 24.2 Å². The standard InChI is InChI=1S/C16H22N4O2/c1-16(2,3)9-22-15-13-11(6-7-12(21)20(4)5)8-17-14(13)18-10-19-15/h6-8,10H,9H2,1-5H3,(H,17,18,19). The lowest BCUT2D eigenvalue weighted by Crippen LogP contribution is -2.18. The van der Waals surface area contributed by atoms with Crippen molar-refractivity contribution in [1.82, 2.24) is 19.9 Å². The molecule has 2 aromatic rings. The molecule has 118 valence electrons. The zero-order valence-electron chi connectivity index (χ0n) is 13.7. The van der Waals surface area contributed by atoms with Gasteiger partial charge in [0.1, 0.15) is 12.0 Å². The fourth-order valence-corrected chi connectivity index (χ4v) is 1.79. The minimum Gasteiger partial charge on any atom is -0.477 e. The van der Waals surface area contributed by atoms with Crippen LogP contribution in [0.2, 0.25) is 0 Å². The molecule has 2 heterocycles. The molecule has 0 radical (unpaired) electrons. The average Bonchev–Trinajstić information content (AvgIpc) is 2.85. The Labute approximate surface area is 130 Å². The molecule has 6 nitrogen and oxygen atoms in total. The van der Waals surface area contributed by atoms with Crippen LogP contribution in [-0.2, 0) is 4.79 Å². The molecule has 1 amide bonds. The SMILES string of the molecule is CN(C)C(=O)C=Cc1c[nH]c2ncnc(OCC(C)(C)C)c12. The maximum atomic E-state index is 11.7. The van der Waals surface area contributed by atoms with Crippen LogP contribution in [0.25, 0.3) is 17.1 Å².